The van der Waals surface area contributed by atoms with E-state index in [9.17, 15) is 25.2 Å². The molecule has 0 aromatic heterocycles. The van der Waals surface area contributed by atoms with E-state index in [0.29, 0.717) is 13.0 Å². The molecule has 4 N–H and O–H groups in total. The number of nitrogens with zero attached hydrogens (tertiary/aromatic N) is 1. The minimum absolute atomic E-state index is 0.0972. The van der Waals surface area contributed by atoms with Crippen LogP contribution < -0.4 is 0 Å². The van der Waals surface area contributed by atoms with E-state index in [1.807, 2.05) is 0 Å². The van der Waals surface area contributed by atoms with E-state index in [1.165, 1.54) is 109 Å². The Morgan fingerprint density at radius 1 is 0.578 bits per heavy atom. The van der Waals surface area contributed by atoms with Gasteiger partial charge in [0.05, 0.1) is 6.61 Å². The molecule has 266 valence electrons. The molecule has 0 aromatic rings. The van der Waals surface area contributed by atoms with Crippen molar-refractivity contribution in [1.29, 1.82) is 0 Å². The number of amides is 1. The Bertz CT molecular complexity index is 702. The average Bonchev–Trinajstić information content (AvgIpc) is 3.04. The van der Waals surface area contributed by atoms with Gasteiger partial charge >= 0.3 is 0 Å². The first kappa shape index (κ1) is 42.0. The first-order valence-electron chi connectivity index (χ1n) is 19.2. The van der Waals surface area contributed by atoms with Crippen molar-refractivity contribution < 1.29 is 30.0 Å². The van der Waals surface area contributed by atoms with Crippen molar-refractivity contribution in [2.24, 2.45) is 0 Å². The fourth-order valence-corrected chi connectivity index (χ4v) is 6.35. The third kappa shape index (κ3) is 20.1. The first-order valence-corrected chi connectivity index (χ1v) is 19.2. The Hall–Kier alpha value is -0.990. The molecule has 45 heavy (non-hydrogen) atoms. The number of hydrogen-bond donors (Lipinski definition) is 4. The number of allylic oxidation sites excluding steroid dienone is 2. The smallest absolute Gasteiger partial charge is 0.224 e. The van der Waals surface area contributed by atoms with E-state index in [0.717, 1.165) is 51.4 Å². The molecule has 0 unspecified atom stereocenters. The van der Waals surface area contributed by atoms with Crippen molar-refractivity contribution in [2.75, 3.05) is 13.2 Å². The number of aliphatic hydroxyl groups is 4. The zero-order valence-corrected chi connectivity index (χ0v) is 29.4. The van der Waals surface area contributed by atoms with Crippen LogP contribution in [0.25, 0.3) is 0 Å². The van der Waals surface area contributed by atoms with Crippen molar-refractivity contribution >= 4 is 5.91 Å². The zero-order valence-electron chi connectivity index (χ0n) is 29.4. The molecule has 1 heterocycles. The molecule has 0 radical (unpaired) electrons. The van der Waals surface area contributed by atoms with Gasteiger partial charge in [-0.25, -0.2) is 0 Å². The van der Waals surface area contributed by atoms with Crippen LogP contribution in [-0.4, -0.2) is 75.0 Å². The lowest BCUT2D eigenvalue weighted by molar-refractivity contribution is -0.262. The molecule has 1 aliphatic heterocycles. The third-order valence-electron chi connectivity index (χ3n) is 9.40. The van der Waals surface area contributed by atoms with E-state index in [2.05, 4.69) is 26.0 Å². The molecule has 0 spiro atoms. The summed E-state index contributed by atoms with van der Waals surface area (Å²) in [5.74, 6) is -0.0972. The second-order valence-electron chi connectivity index (χ2n) is 13.5. The van der Waals surface area contributed by atoms with Crippen LogP contribution >= 0.6 is 0 Å². The Labute approximate surface area is 277 Å². The van der Waals surface area contributed by atoms with Gasteiger partial charge in [0.25, 0.3) is 0 Å². The SMILES string of the molecule is CCCCCCCC/C=C\CCCCCCCC(=O)N(CCCCCCCCCCCCCC)[C@@H]1O[C@H](CO)[C@@H](O)[C@H](O)[C@@H]1O. The number of unbranched alkanes of at least 4 members (excludes halogenated alkanes) is 22. The van der Waals surface area contributed by atoms with Crippen molar-refractivity contribution in [3.05, 3.63) is 12.2 Å². The van der Waals surface area contributed by atoms with Gasteiger partial charge in [-0.15, -0.1) is 0 Å². The van der Waals surface area contributed by atoms with Crippen LogP contribution in [0.4, 0.5) is 0 Å². The van der Waals surface area contributed by atoms with Crippen LogP contribution in [-0.2, 0) is 9.53 Å². The number of hydrogen-bond acceptors (Lipinski definition) is 6. The summed E-state index contributed by atoms with van der Waals surface area (Å²) >= 11 is 0. The molecule has 1 aliphatic rings. The van der Waals surface area contributed by atoms with Crippen LogP contribution in [0.3, 0.4) is 0 Å². The molecule has 1 amide bonds. The van der Waals surface area contributed by atoms with Gasteiger partial charge in [-0.3, -0.25) is 4.79 Å². The normalized spacial score (nSPS) is 22.0. The Morgan fingerprint density at radius 3 is 1.47 bits per heavy atom. The highest BCUT2D eigenvalue weighted by atomic mass is 16.6. The fraction of sp³-hybridized carbons (Fsp3) is 0.921. The van der Waals surface area contributed by atoms with E-state index in [4.69, 9.17) is 4.74 Å². The average molecular weight is 640 g/mol. The summed E-state index contributed by atoms with van der Waals surface area (Å²) in [7, 11) is 0. The third-order valence-corrected chi connectivity index (χ3v) is 9.40. The van der Waals surface area contributed by atoms with Gasteiger partial charge in [-0.2, -0.15) is 0 Å². The van der Waals surface area contributed by atoms with Gasteiger partial charge in [-0.1, -0.05) is 148 Å². The van der Waals surface area contributed by atoms with Gasteiger partial charge in [0, 0.05) is 13.0 Å². The second kappa shape index (κ2) is 29.2. The van der Waals surface area contributed by atoms with E-state index < -0.39 is 37.3 Å². The number of aliphatic hydroxyl groups excluding tert-OH is 4. The fourth-order valence-electron chi connectivity index (χ4n) is 6.35. The van der Waals surface area contributed by atoms with Gasteiger partial charge in [0.15, 0.2) is 6.23 Å². The molecular weight excluding hydrogens is 566 g/mol. The largest absolute Gasteiger partial charge is 0.394 e. The quantitative estimate of drug-likeness (QED) is 0.0464. The Morgan fingerprint density at radius 2 is 1.00 bits per heavy atom. The number of rotatable bonds is 30. The second-order valence-corrected chi connectivity index (χ2v) is 13.5. The lowest BCUT2D eigenvalue weighted by atomic mass is 9.97. The summed E-state index contributed by atoms with van der Waals surface area (Å²) in [5.41, 5.74) is 0. The van der Waals surface area contributed by atoms with Crippen molar-refractivity contribution in [1.82, 2.24) is 4.90 Å². The number of ether oxygens (including phenoxy) is 1. The summed E-state index contributed by atoms with van der Waals surface area (Å²) < 4.78 is 5.79. The van der Waals surface area contributed by atoms with Crippen molar-refractivity contribution in [3.63, 3.8) is 0 Å². The highest BCUT2D eigenvalue weighted by Gasteiger charge is 2.46. The summed E-state index contributed by atoms with van der Waals surface area (Å²) in [4.78, 5) is 14.9. The van der Waals surface area contributed by atoms with E-state index in [-0.39, 0.29) is 5.91 Å². The maximum absolute atomic E-state index is 13.4. The maximum Gasteiger partial charge on any atom is 0.224 e. The van der Waals surface area contributed by atoms with E-state index in [1.54, 1.807) is 4.90 Å². The molecule has 1 rings (SSSR count). The van der Waals surface area contributed by atoms with Gasteiger partial charge in [-0.05, 0) is 38.5 Å². The predicted molar refractivity (Wildman–Crippen MR) is 186 cm³/mol. The van der Waals surface area contributed by atoms with Crippen molar-refractivity contribution in [3.8, 4) is 0 Å². The molecule has 0 bridgehead atoms. The first-order chi connectivity index (χ1) is 22.0. The van der Waals surface area contributed by atoms with Crippen LogP contribution in [0.1, 0.15) is 181 Å². The molecule has 0 aliphatic carbocycles. The highest BCUT2D eigenvalue weighted by Crippen LogP contribution is 2.25. The van der Waals surface area contributed by atoms with Gasteiger partial charge in [0.1, 0.15) is 24.4 Å². The van der Waals surface area contributed by atoms with Gasteiger partial charge < -0.3 is 30.1 Å². The van der Waals surface area contributed by atoms with Crippen LogP contribution in [0.5, 0.6) is 0 Å². The molecule has 7 nitrogen and oxygen atoms in total. The standard InChI is InChI=1S/C38H73NO6/c1-3-5-7-9-11-13-15-17-18-19-20-22-24-26-28-30-34(41)39(38-37(44)36(43)35(42)33(32-40)45-38)31-29-27-25-23-21-16-14-12-10-8-6-4-2/h17-18,33,35-38,40,42-44H,3-16,19-32H2,1-2H3/b18-17-/t33-,35-,36+,37+,38-/m1/s1. The maximum atomic E-state index is 13.4. The molecule has 5 atom stereocenters. The van der Waals surface area contributed by atoms with E-state index >= 15 is 0 Å². The van der Waals surface area contributed by atoms with Gasteiger partial charge in [0.2, 0.25) is 5.91 Å². The highest BCUT2D eigenvalue weighted by molar-refractivity contribution is 5.76. The molecule has 0 aromatic carbocycles. The lowest BCUT2D eigenvalue weighted by Crippen LogP contribution is -2.64. The lowest BCUT2D eigenvalue weighted by Gasteiger charge is -2.44. The monoisotopic (exact) mass is 640 g/mol. The van der Waals surface area contributed by atoms with Crippen LogP contribution in [0.2, 0.25) is 0 Å². The summed E-state index contributed by atoms with van der Waals surface area (Å²) in [6.45, 7) is 4.45. The molecular formula is C38H73NO6. The number of carbonyl (C=O) groups is 1. The molecule has 1 fully saturated rings. The number of carbonyl (C=O) groups excluding carboxylic acids is 1. The van der Waals surface area contributed by atoms with Crippen LogP contribution in [0, 0.1) is 0 Å². The zero-order chi connectivity index (χ0) is 33.0. The molecule has 1 saturated heterocycles. The summed E-state index contributed by atoms with van der Waals surface area (Å²) in [5, 5.41) is 41.0. The molecule has 7 heteroatoms. The minimum Gasteiger partial charge on any atom is -0.394 e. The van der Waals surface area contributed by atoms with Crippen molar-refractivity contribution in [2.45, 2.75) is 211 Å². The Kier molecular flexibility index (Phi) is 27.2. The topological polar surface area (TPSA) is 110 Å². The molecule has 0 saturated carbocycles. The minimum atomic E-state index is -1.47. The predicted octanol–water partition coefficient (Wildman–Crippen LogP) is 8.35. The summed E-state index contributed by atoms with van der Waals surface area (Å²) in [6.07, 6.45) is 28.8. The Balaban J connectivity index is 2.36. The van der Waals surface area contributed by atoms with Crippen LogP contribution in [0.15, 0.2) is 12.2 Å². The summed E-state index contributed by atoms with van der Waals surface area (Å²) in [6, 6.07) is 0.